The molecule has 1 N–H and O–H groups in total. The molecule has 0 radical (unpaired) electrons. The van der Waals surface area contributed by atoms with Gasteiger partial charge in [0.05, 0.1) is 13.0 Å². The molecule has 1 aromatic carbocycles. The Bertz CT molecular complexity index is 518. The summed E-state index contributed by atoms with van der Waals surface area (Å²) in [5.41, 5.74) is 1.08. The molecule has 1 aliphatic rings. The lowest BCUT2D eigenvalue weighted by Crippen LogP contribution is -2.31. The minimum atomic E-state index is -1.44. The minimum Gasteiger partial charge on any atom is -0.466 e. The van der Waals surface area contributed by atoms with Gasteiger partial charge in [-0.25, -0.2) is 0 Å². The summed E-state index contributed by atoms with van der Waals surface area (Å²) in [6.07, 6.45) is -0.221. The molecule has 18 heavy (non-hydrogen) atoms. The Morgan fingerprint density at radius 3 is 2.89 bits per heavy atom. The number of alkyl halides is 1. The molecule has 1 atom stereocenters. The third kappa shape index (κ3) is 2.18. The lowest BCUT2D eigenvalue weighted by atomic mass is 9.96. The predicted octanol–water partition coefficient (Wildman–Crippen LogP) is 2.68. The molecule has 96 valence electrons. The summed E-state index contributed by atoms with van der Waals surface area (Å²) < 4.78 is 4.83. The molecular formula is C12H11Cl2NO3. The van der Waals surface area contributed by atoms with Crippen LogP contribution >= 0.6 is 23.2 Å². The number of amides is 1. The molecule has 1 aromatic rings. The zero-order valence-electron chi connectivity index (χ0n) is 9.63. The zero-order valence-corrected chi connectivity index (χ0v) is 11.1. The summed E-state index contributed by atoms with van der Waals surface area (Å²) in [7, 11) is 0. The highest BCUT2D eigenvalue weighted by molar-refractivity contribution is 6.40. The number of anilines is 1. The van der Waals surface area contributed by atoms with E-state index in [2.05, 4.69) is 5.32 Å². The number of carbonyl (C=O) groups excluding carboxylic acids is 2. The van der Waals surface area contributed by atoms with Crippen molar-refractivity contribution in [1.29, 1.82) is 0 Å². The standard InChI is InChI=1S/C12H11Cl2NO3/c1-2-18-10(16)6-12(14)8-5-7(13)3-4-9(8)15-11(12)17/h3-5H,2,6H2,1H3,(H,15,17). The molecule has 0 aromatic heterocycles. The first kappa shape index (κ1) is 13.2. The van der Waals surface area contributed by atoms with Crippen LogP contribution in [-0.2, 0) is 19.2 Å². The minimum absolute atomic E-state index is 0.221. The molecule has 0 saturated heterocycles. The molecule has 0 bridgehead atoms. The van der Waals surface area contributed by atoms with Crippen molar-refractivity contribution in [3.8, 4) is 0 Å². The second kappa shape index (κ2) is 4.78. The molecular weight excluding hydrogens is 277 g/mol. The normalized spacial score (nSPS) is 21.4. The number of fused-ring (bicyclic) bond motifs is 1. The lowest BCUT2D eigenvalue weighted by molar-refractivity contribution is -0.145. The van der Waals surface area contributed by atoms with Crippen molar-refractivity contribution in [2.75, 3.05) is 11.9 Å². The van der Waals surface area contributed by atoms with Crippen LogP contribution in [0, 0.1) is 0 Å². The fraction of sp³-hybridized carbons (Fsp3) is 0.333. The van der Waals surface area contributed by atoms with E-state index < -0.39 is 16.8 Å². The second-order valence-electron chi connectivity index (χ2n) is 3.93. The van der Waals surface area contributed by atoms with Crippen molar-refractivity contribution in [2.24, 2.45) is 0 Å². The molecule has 0 aliphatic carbocycles. The Labute approximate surface area is 114 Å². The fourth-order valence-corrected chi connectivity index (χ4v) is 2.37. The molecule has 0 fully saturated rings. The van der Waals surface area contributed by atoms with Gasteiger partial charge in [-0.15, -0.1) is 11.6 Å². The molecule has 1 unspecified atom stereocenters. The molecule has 4 nitrogen and oxygen atoms in total. The number of nitrogens with one attached hydrogen (secondary N) is 1. The largest absolute Gasteiger partial charge is 0.466 e. The molecule has 2 rings (SSSR count). The maximum absolute atomic E-state index is 11.9. The summed E-state index contributed by atoms with van der Waals surface area (Å²) >= 11 is 12.2. The molecule has 1 aliphatic heterocycles. The van der Waals surface area contributed by atoms with E-state index in [9.17, 15) is 9.59 Å². The number of halogens is 2. The smallest absolute Gasteiger partial charge is 0.308 e. The number of rotatable bonds is 3. The molecule has 0 spiro atoms. The van der Waals surface area contributed by atoms with Crippen molar-refractivity contribution >= 4 is 40.8 Å². The van der Waals surface area contributed by atoms with E-state index >= 15 is 0 Å². The fourth-order valence-electron chi connectivity index (χ4n) is 1.88. The van der Waals surface area contributed by atoms with E-state index in [1.807, 2.05) is 0 Å². The maximum atomic E-state index is 11.9. The Kier molecular flexibility index (Phi) is 3.50. The van der Waals surface area contributed by atoms with Crippen molar-refractivity contribution in [3.05, 3.63) is 28.8 Å². The third-order valence-electron chi connectivity index (χ3n) is 2.71. The van der Waals surface area contributed by atoms with E-state index in [-0.39, 0.29) is 13.0 Å². The predicted molar refractivity (Wildman–Crippen MR) is 68.9 cm³/mol. The Morgan fingerprint density at radius 2 is 2.22 bits per heavy atom. The van der Waals surface area contributed by atoms with Gasteiger partial charge in [0.15, 0.2) is 4.87 Å². The van der Waals surface area contributed by atoms with Gasteiger partial charge in [-0.1, -0.05) is 11.6 Å². The average Bonchev–Trinajstić information content (AvgIpc) is 2.53. The number of ether oxygens (including phenoxy) is 1. The maximum Gasteiger partial charge on any atom is 0.308 e. The first-order valence-corrected chi connectivity index (χ1v) is 6.19. The summed E-state index contributed by atoms with van der Waals surface area (Å²) in [5.74, 6) is -0.954. The van der Waals surface area contributed by atoms with Gasteiger partial charge < -0.3 is 10.1 Å². The van der Waals surface area contributed by atoms with E-state index in [4.69, 9.17) is 27.9 Å². The van der Waals surface area contributed by atoms with Crippen LogP contribution in [0.5, 0.6) is 0 Å². The monoisotopic (exact) mass is 287 g/mol. The quantitative estimate of drug-likeness (QED) is 0.687. The summed E-state index contributed by atoms with van der Waals surface area (Å²) in [6, 6.07) is 4.89. The van der Waals surface area contributed by atoms with Gasteiger partial charge in [-0.05, 0) is 25.1 Å². The van der Waals surface area contributed by atoms with Crippen LogP contribution in [0.25, 0.3) is 0 Å². The highest BCUT2D eigenvalue weighted by Gasteiger charge is 2.47. The lowest BCUT2D eigenvalue weighted by Gasteiger charge is -2.18. The summed E-state index contributed by atoms with van der Waals surface area (Å²) in [4.78, 5) is 22.0. The van der Waals surface area contributed by atoms with Crippen LogP contribution in [0.1, 0.15) is 18.9 Å². The number of esters is 1. The van der Waals surface area contributed by atoms with Crippen molar-refractivity contribution in [1.82, 2.24) is 0 Å². The average molecular weight is 288 g/mol. The van der Waals surface area contributed by atoms with Crippen molar-refractivity contribution in [3.63, 3.8) is 0 Å². The van der Waals surface area contributed by atoms with E-state index in [0.717, 1.165) is 0 Å². The van der Waals surface area contributed by atoms with Crippen LogP contribution in [0.15, 0.2) is 18.2 Å². The first-order chi connectivity index (χ1) is 8.47. The van der Waals surface area contributed by atoms with Crippen LogP contribution in [0.2, 0.25) is 5.02 Å². The van der Waals surface area contributed by atoms with Gasteiger partial charge in [0, 0.05) is 16.3 Å². The molecule has 1 amide bonds. The molecule has 6 heteroatoms. The number of benzene rings is 1. The van der Waals surface area contributed by atoms with Gasteiger partial charge in [-0.2, -0.15) is 0 Å². The van der Waals surface area contributed by atoms with E-state index in [0.29, 0.717) is 16.3 Å². The number of hydrogen-bond acceptors (Lipinski definition) is 3. The summed E-state index contributed by atoms with van der Waals surface area (Å²) in [6.45, 7) is 1.94. The summed E-state index contributed by atoms with van der Waals surface area (Å²) in [5, 5.41) is 3.08. The SMILES string of the molecule is CCOC(=O)CC1(Cl)C(=O)Nc2ccc(Cl)cc21. The van der Waals surface area contributed by atoms with E-state index in [1.165, 1.54) is 0 Å². The van der Waals surface area contributed by atoms with Crippen molar-refractivity contribution in [2.45, 2.75) is 18.2 Å². The highest BCUT2D eigenvalue weighted by Crippen LogP contribution is 2.44. The Morgan fingerprint density at radius 1 is 1.50 bits per heavy atom. The first-order valence-electron chi connectivity index (χ1n) is 5.43. The van der Waals surface area contributed by atoms with Gasteiger partial charge in [0.25, 0.3) is 5.91 Å². The second-order valence-corrected chi connectivity index (χ2v) is 5.01. The van der Waals surface area contributed by atoms with Gasteiger partial charge >= 0.3 is 5.97 Å². The van der Waals surface area contributed by atoms with Gasteiger partial charge in [0.2, 0.25) is 0 Å². The van der Waals surface area contributed by atoms with Crippen LogP contribution in [-0.4, -0.2) is 18.5 Å². The molecule has 1 heterocycles. The van der Waals surface area contributed by atoms with Gasteiger partial charge in [0.1, 0.15) is 0 Å². The highest BCUT2D eigenvalue weighted by atomic mass is 35.5. The number of carbonyl (C=O) groups is 2. The third-order valence-corrected chi connectivity index (χ3v) is 3.45. The topological polar surface area (TPSA) is 55.4 Å². The zero-order chi connectivity index (χ0) is 13.3. The Hall–Kier alpha value is -1.26. The van der Waals surface area contributed by atoms with Gasteiger partial charge in [-0.3, -0.25) is 9.59 Å². The Balaban J connectivity index is 2.36. The van der Waals surface area contributed by atoms with E-state index in [1.54, 1.807) is 25.1 Å². The van der Waals surface area contributed by atoms with Crippen LogP contribution < -0.4 is 5.32 Å². The van der Waals surface area contributed by atoms with Crippen LogP contribution in [0.4, 0.5) is 5.69 Å². The molecule has 0 saturated carbocycles. The van der Waals surface area contributed by atoms with Crippen LogP contribution in [0.3, 0.4) is 0 Å². The number of hydrogen-bond donors (Lipinski definition) is 1. The van der Waals surface area contributed by atoms with Crippen molar-refractivity contribution < 1.29 is 14.3 Å².